The number of aliphatic hydroxyl groups excluding tert-OH is 1. The summed E-state index contributed by atoms with van der Waals surface area (Å²) >= 11 is 3.44. The molecule has 1 saturated heterocycles. The number of benzene rings is 2. The van der Waals surface area contributed by atoms with Crippen LogP contribution in [0.15, 0.2) is 52.5 Å². The molecule has 1 heterocycles. The first-order chi connectivity index (χ1) is 14.9. The van der Waals surface area contributed by atoms with Crippen molar-refractivity contribution in [2.24, 2.45) is 0 Å². The van der Waals surface area contributed by atoms with Gasteiger partial charge in [-0.05, 0) is 48.7 Å². The van der Waals surface area contributed by atoms with Crippen LogP contribution in [-0.4, -0.2) is 48.6 Å². The van der Waals surface area contributed by atoms with E-state index in [0.717, 1.165) is 16.5 Å². The standard InChI is InChI=1S/C24H26BrNO5/c1-4-11-31-18-7-5-6-16(14-18)21-20(23(28)24(29)26(21)10-12-30-3)22(27)17-8-9-19(25)15(2)13-17/h5-9,13-14,21,27H,4,10-12H2,1-3H3/b22-20-. The van der Waals surface area contributed by atoms with Crippen LogP contribution in [0.25, 0.3) is 5.76 Å². The van der Waals surface area contributed by atoms with Crippen molar-refractivity contribution in [1.29, 1.82) is 0 Å². The smallest absolute Gasteiger partial charge is 0.295 e. The Hall–Kier alpha value is -2.64. The summed E-state index contributed by atoms with van der Waals surface area (Å²) in [6.45, 7) is 4.97. The van der Waals surface area contributed by atoms with E-state index in [1.807, 2.05) is 38.1 Å². The summed E-state index contributed by atoms with van der Waals surface area (Å²) in [4.78, 5) is 27.3. The van der Waals surface area contributed by atoms with E-state index in [1.54, 1.807) is 18.2 Å². The van der Waals surface area contributed by atoms with Gasteiger partial charge in [0.25, 0.3) is 11.7 Å². The molecule has 0 radical (unpaired) electrons. The van der Waals surface area contributed by atoms with E-state index in [1.165, 1.54) is 12.0 Å². The van der Waals surface area contributed by atoms with E-state index in [0.29, 0.717) is 23.5 Å². The van der Waals surface area contributed by atoms with Crippen LogP contribution >= 0.6 is 15.9 Å². The number of carbonyl (C=O) groups excluding carboxylic acids is 2. The first-order valence-electron chi connectivity index (χ1n) is 10.2. The Morgan fingerprint density at radius 2 is 1.94 bits per heavy atom. The molecule has 1 amide bonds. The maximum Gasteiger partial charge on any atom is 0.295 e. The summed E-state index contributed by atoms with van der Waals surface area (Å²) in [6.07, 6.45) is 0.861. The molecule has 1 atom stereocenters. The number of aryl methyl sites for hydroxylation is 1. The third-order valence-electron chi connectivity index (χ3n) is 5.15. The molecule has 2 aromatic carbocycles. The fourth-order valence-corrected chi connectivity index (χ4v) is 3.84. The van der Waals surface area contributed by atoms with Gasteiger partial charge in [0.15, 0.2) is 0 Å². The summed E-state index contributed by atoms with van der Waals surface area (Å²) in [5, 5.41) is 11.1. The van der Waals surface area contributed by atoms with Gasteiger partial charge in [-0.2, -0.15) is 0 Å². The van der Waals surface area contributed by atoms with Crippen LogP contribution in [0, 0.1) is 6.92 Å². The van der Waals surface area contributed by atoms with Crippen LogP contribution in [0.1, 0.15) is 36.1 Å². The van der Waals surface area contributed by atoms with Gasteiger partial charge < -0.3 is 19.5 Å². The molecule has 7 heteroatoms. The van der Waals surface area contributed by atoms with Crippen molar-refractivity contribution in [2.45, 2.75) is 26.3 Å². The molecule has 2 aromatic rings. The van der Waals surface area contributed by atoms with Gasteiger partial charge in [-0.1, -0.05) is 41.1 Å². The molecule has 164 valence electrons. The van der Waals surface area contributed by atoms with Crippen LogP contribution in [-0.2, 0) is 14.3 Å². The number of hydrogen-bond acceptors (Lipinski definition) is 5. The Morgan fingerprint density at radius 1 is 1.16 bits per heavy atom. The molecule has 31 heavy (non-hydrogen) atoms. The number of carbonyl (C=O) groups is 2. The lowest BCUT2D eigenvalue weighted by Crippen LogP contribution is -2.32. The maximum absolute atomic E-state index is 13.0. The lowest BCUT2D eigenvalue weighted by molar-refractivity contribution is -0.140. The molecule has 1 unspecified atom stereocenters. The molecular weight excluding hydrogens is 462 g/mol. The minimum absolute atomic E-state index is 0.0652. The number of halogens is 1. The van der Waals surface area contributed by atoms with Crippen molar-refractivity contribution in [3.8, 4) is 5.75 Å². The zero-order chi connectivity index (χ0) is 22.5. The second-order valence-corrected chi connectivity index (χ2v) is 8.22. The molecule has 0 aromatic heterocycles. The van der Waals surface area contributed by atoms with Gasteiger partial charge >= 0.3 is 0 Å². The quantitative estimate of drug-likeness (QED) is 0.334. The average Bonchev–Trinajstić information content (AvgIpc) is 3.02. The van der Waals surface area contributed by atoms with Gasteiger partial charge in [-0.15, -0.1) is 0 Å². The Labute approximate surface area is 190 Å². The third-order valence-corrected chi connectivity index (χ3v) is 6.04. The normalized spacial score (nSPS) is 17.9. The minimum Gasteiger partial charge on any atom is -0.507 e. The van der Waals surface area contributed by atoms with E-state index in [4.69, 9.17) is 9.47 Å². The molecular formula is C24H26BrNO5. The SMILES string of the molecule is CCCOc1cccc(C2/C(=C(/O)c3ccc(Br)c(C)c3)C(=O)C(=O)N2CCOC)c1. The zero-order valence-electron chi connectivity index (χ0n) is 17.9. The van der Waals surface area contributed by atoms with E-state index in [2.05, 4.69) is 15.9 Å². The molecule has 0 saturated carbocycles. The molecule has 1 fully saturated rings. The van der Waals surface area contributed by atoms with Crippen LogP contribution in [0.2, 0.25) is 0 Å². The molecule has 0 spiro atoms. The molecule has 1 aliphatic heterocycles. The van der Waals surface area contributed by atoms with Crippen LogP contribution in [0.5, 0.6) is 5.75 Å². The minimum atomic E-state index is -0.732. The fourth-order valence-electron chi connectivity index (χ4n) is 3.59. The van der Waals surface area contributed by atoms with Crippen molar-refractivity contribution in [3.05, 3.63) is 69.2 Å². The second-order valence-electron chi connectivity index (χ2n) is 7.37. The third kappa shape index (κ3) is 4.83. The van der Waals surface area contributed by atoms with Gasteiger partial charge in [-0.25, -0.2) is 0 Å². The van der Waals surface area contributed by atoms with Gasteiger partial charge in [-0.3, -0.25) is 9.59 Å². The van der Waals surface area contributed by atoms with Crippen molar-refractivity contribution in [1.82, 2.24) is 4.90 Å². The first kappa shape index (κ1) is 23.0. The van der Waals surface area contributed by atoms with Crippen LogP contribution in [0.4, 0.5) is 0 Å². The lowest BCUT2D eigenvalue weighted by Gasteiger charge is -2.25. The predicted octanol–water partition coefficient (Wildman–Crippen LogP) is 4.61. The summed E-state index contributed by atoms with van der Waals surface area (Å²) in [5.74, 6) is -0.911. The topological polar surface area (TPSA) is 76.1 Å². The molecule has 3 rings (SSSR count). The van der Waals surface area contributed by atoms with Gasteiger partial charge in [0.1, 0.15) is 11.5 Å². The Kier molecular flexibility index (Phi) is 7.51. The van der Waals surface area contributed by atoms with Crippen molar-refractivity contribution in [3.63, 3.8) is 0 Å². The maximum atomic E-state index is 13.0. The largest absolute Gasteiger partial charge is 0.507 e. The number of aliphatic hydroxyl groups is 1. The molecule has 6 nitrogen and oxygen atoms in total. The van der Waals surface area contributed by atoms with Gasteiger partial charge in [0.2, 0.25) is 0 Å². The fraction of sp³-hybridized carbons (Fsp3) is 0.333. The molecule has 0 aliphatic carbocycles. The highest BCUT2D eigenvalue weighted by Crippen LogP contribution is 2.40. The van der Waals surface area contributed by atoms with Gasteiger partial charge in [0, 0.05) is 23.7 Å². The van der Waals surface area contributed by atoms with Crippen LogP contribution < -0.4 is 4.74 Å². The molecule has 1 N–H and O–H groups in total. The number of Topliss-reactive ketones (excluding diaryl/α,β-unsaturated/α-hetero) is 1. The summed E-state index contributed by atoms with van der Waals surface area (Å²) < 4.78 is 11.8. The zero-order valence-corrected chi connectivity index (χ0v) is 19.4. The number of nitrogens with zero attached hydrogens (tertiary/aromatic N) is 1. The number of hydrogen-bond donors (Lipinski definition) is 1. The van der Waals surface area contributed by atoms with Gasteiger partial charge in [0.05, 0.1) is 24.8 Å². The summed E-state index contributed by atoms with van der Waals surface area (Å²) in [7, 11) is 1.54. The van der Waals surface area contributed by atoms with Crippen molar-refractivity contribution < 1.29 is 24.2 Å². The van der Waals surface area contributed by atoms with Crippen LogP contribution in [0.3, 0.4) is 0 Å². The lowest BCUT2D eigenvalue weighted by atomic mass is 9.94. The predicted molar refractivity (Wildman–Crippen MR) is 122 cm³/mol. The summed E-state index contributed by atoms with van der Waals surface area (Å²) in [5.41, 5.74) is 2.15. The summed E-state index contributed by atoms with van der Waals surface area (Å²) in [6, 6.07) is 11.9. The molecule has 0 bridgehead atoms. The highest BCUT2D eigenvalue weighted by Gasteiger charge is 2.46. The highest BCUT2D eigenvalue weighted by molar-refractivity contribution is 9.10. The Bertz CT molecular complexity index is 1020. The molecule has 1 aliphatic rings. The number of amides is 1. The number of methoxy groups -OCH3 is 1. The number of ketones is 1. The monoisotopic (exact) mass is 487 g/mol. The second kappa shape index (κ2) is 10.1. The number of ether oxygens (including phenoxy) is 2. The van der Waals surface area contributed by atoms with E-state index in [-0.39, 0.29) is 24.5 Å². The number of rotatable bonds is 8. The van der Waals surface area contributed by atoms with E-state index >= 15 is 0 Å². The van der Waals surface area contributed by atoms with Crippen molar-refractivity contribution in [2.75, 3.05) is 26.9 Å². The Morgan fingerprint density at radius 3 is 2.61 bits per heavy atom. The van der Waals surface area contributed by atoms with E-state index in [9.17, 15) is 14.7 Å². The average molecular weight is 488 g/mol. The first-order valence-corrected chi connectivity index (χ1v) is 10.9. The van der Waals surface area contributed by atoms with E-state index < -0.39 is 17.7 Å². The van der Waals surface area contributed by atoms with Crippen molar-refractivity contribution >= 4 is 33.4 Å². The number of likely N-dealkylation sites (tertiary alicyclic amines) is 1. The highest BCUT2D eigenvalue weighted by atomic mass is 79.9. The Balaban J connectivity index is 2.14.